The molecule has 7 heteroatoms. The summed E-state index contributed by atoms with van der Waals surface area (Å²) in [6.45, 7) is 24.0. The number of hydrogen-bond donors (Lipinski definition) is 1. The maximum absolute atomic E-state index is 4.74. The van der Waals surface area contributed by atoms with Gasteiger partial charge in [-0.15, -0.1) is 0 Å². The molecule has 0 fully saturated rings. The van der Waals surface area contributed by atoms with Crippen LogP contribution >= 0.6 is 0 Å². The van der Waals surface area contributed by atoms with Gasteiger partial charge in [0.1, 0.15) is 18.0 Å². The fraction of sp³-hybridized carbons (Fsp3) is 0.412. The number of anilines is 1. The van der Waals surface area contributed by atoms with Crippen LogP contribution in [0.15, 0.2) is 56.1 Å². The fourth-order valence-corrected chi connectivity index (χ4v) is 5.50. The summed E-state index contributed by atoms with van der Waals surface area (Å²) in [6.07, 6.45) is 10.2. The van der Waals surface area contributed by atoms with Gasteiger partial charge in [0.05, 0.1) is 17.8 Å². The zero-order chi connectivity index (χ0) is 29.5. The molecule has 1 N–H and O–H groups in total. The van der Waals surface area contributed by atoms with E-state index in [-0.39, 0.29) is 0 Å². The van der Waals surface area contributed by atoms with E-state index < -0.39 is 0 Å². The lowest BCUT2D eigenvalue weighted by Gasteiger charge is -2.31. The number of rotatable bonds is 10. The molecule has 4 heterocycles. The Morgan fingerprint density at radius 2 is 1.73 bits per heavy atom. The van der Waals surface area contributed by atoms with Crippen molar-refractivity contribution in [2.45, 2.75) is 86.4 Å². The van der Waals surface area contributed by atoms with E-state index >= 15 is 0 Å². The Hall–Kier alpha value is -4.00. The molecule has 7 nitrogen and oxygen atoms in total. The third kappa shape index (κ3) is 6.67. The van der Waals surface area contributed by atoms with Gasteiger partial charge in [0.25, 0.3) is 0 Å². The monoisotopic (exact) mass is 551 g/mol. The third-order valence-electron chi connectivity index (χ3n) is 7.65. The summed E-state index contributed by atoms with van der Waals surface area (Å²) in [5.74, 6) is 1.96. The van der Waals surface area contributed by atoms with Gasteiger partial charge < -0.3 is 14.8 Å². The van der Waals surface area contributed by atoms with Crippen molar-refractivity contribution in [2.75, 3.05) is 11.9 Å². The predicted octanol–water partition coefficient (Wildman–Crippen LogP) is 7.79. The van der Waals surface area contributed by atoms with E-state index in [0.717, 1.165) is 107 Å². The summed E-state index contributed by atoms with van der Waals surface area (Å²) in [7, 11) is 0. The van der Waals surface area contributed by atoms with Crippen LogP contribution in [0, 0.1) is 13.8 Å². The Morgan fingerprint density at radius 3 is 2.46 bits per heavy atom. The number of fused-ring (bicyclic) bond motifs is 2. The summed E-state index contributed by atoms with van der Waals surface area (Å²) in [5, 5.41) is 4.71. The molecule has 0 aliphatic carbocycles. The van der Waals surface area contributed by atoms with E-state index in [4.69, 9.17) is 4.98 Å². The number of pyridine rings is 1. The van der Waals surface area contributed by atoms with Gasteiger partial charge in [-0.05, 0) is 56.0 Å². The van der Waals surface area contributed by atoms with Crippen molar-refractivity contribution in [3.05, 3.63) is 90.0 Å². The Labute approximate surface area is 245 Å². The minimum Gasteiger partial charge on any atom is -0.367 e. The number of aromatic nitrogens is 5. The first-order valence-corrected chi connectivity index (χ1v) is 15.0. The van der Waals surface area contributed by atoms with Gasteiger partial charge in [-0.2, -0.15) is 0 Å². The average molecular weight is 552 g/mol. The maximum Gasteiger partial charge on any atom is 0.137 e. The van der Waals surface area contributed by atoms with Crippen LogP contribution in [0.2, 0.25) is 0 Å². The van der Waals surface area contributed by atoms with Crippen LogP contribution in [0.1, 0.15) is 87.3 Å². The van der Waals surface area contributed by atoms with Gasteiger partial charge in [-0.1, -0.05) is 59.8 Å². The number of nitrogens with zero attached hydrogens (tertiary/aromatic N) is 6. The molecule has 0 bridgehead atoms. The second kappa shape index (κ2) is 13.6. The maximum atomic E-state index is 4.74. The number of nitrogens with one attached hydrogen (secondary N) is 1. The van der Waals surface area contributed by atoms with Crippen LogP contribution in [0.25, 0.3) is 22.2 Å². The molecule has 3 aromatic heterocycles. The summed E-state index contributed by atoms with van der Waals surface area (Å²) >= 11 is 0. The van der Waals surface area contributed by atoms with Crippen molar-refractivity contribution >= 4 is 28.0 Å². The molecule has 0 amide bonds. The van der Waals surface area contributed by atoms with Gasteiger partial charge in [0.15, 0.2) is 0 Å². The van der Waals surface area contributed by atoms with Crippen LogP contribution in [0.4, 0.5) is 5.82 Å². The molecule has 0 saturated carbocycles. The van der Waals surface area contributed by atoms with Crippen LogP contribution in [0.3, 0.4) is 0 Å². The zero-order valence-electron chi connectivity index (χ0n) is 25.7. The summed E-state index contributed by atoms with van der Waals surface area (Å²) in [5.41, 5.74) is 7.85. The molecule has 0 unspecified atom stereocenters. The van der Waals surface area contributed by atoms with Crippen LogP contribution < -0.4 is 5.32 Å². The minimum absolute atomic E-state index is 0.399. The molecule has 216 valence electrons. The molecule has 0 saturated heterocycles. The number of benzene rings is 1. The highest BCUT2D eigenvalue weighted by atomic mass is 15.2. The summed E-state index contributed by atoms with van der Waals surface area (Å²) < 4.78 is 2.24. The van der Waals surface area contributed by atoms with E-state index in [2.05, 4.69) is 87.2 Å². The van der Waals surface area contributed by atoms with Gasteiger partial charge >= 0.3 is 0 Å². The Kier molecular flexibility index (Phi) is 9.92. The third-order valence-corrected chi connectivity index (χ3v) is 7.65. The minimum atomic E-state index is 0.399. The van der Waals surface area contributed by atoms with Crippen molar-refractivity contribution in [1.82, 2.24) is 29.4 Å². The molecule has 0 radical (unpaired) electrons. The number of aryl methyl sites for hydroxylation is 2. The van der Waals surface area contributed by atoms with E-state index in [9.17, 15) is 0 Å². The van der Waals surface area contributed by atoms with E-state index in [1.807, 2.05) is 33.9 Å². The molecule has 0 spiro atoms. The molecule has 1 aromatic carbocycles. The van der Waals surface area contributed by atoms with Crippen LogP contribution in [-0.2, 0) is 13.1 Å². The lowest BCUT2D eigenvalue weighted by Crippen LogP contribution is -2.32. The second-order valence-electron chi connectivity index (χ2n) is 10.6. The smallest absolute Gasteiger partial charge is 0.137 e. The fourth-order valence-electron chi connectivity index (χ4n) is 5.50. The molecular formula is C34H45N7. The van der Waals surface area contributed by atoms with Gasteiger partial charge in [-0.3, -0.25) is 4.98 Å². The molecule has 5 rings (SSSR count). The molecule has 41 heavy (non-hydrogen) atoms. The molecule has 1 aliphatic rings. The van der Waals surface area contributed by atoms with E-state index in [0.29, 0.717) is 6.04 Å². The Bertz CT molecular complexity index is 1510. The van der Waals surface area contributed by atoms with Crippen molar-refractivity contribution in [1.29, 1.82) is 0 Å². The standard InChI is InChI=1S/C32H39N7.C2H6/c1-7-9-27(10-8-2)37-32-29-15-25(11-12-30(29)34-20-35-32)22(4)28-16-26(17-33-23(28)5)24(6)38-13-14-39-18-21(3)36-31(39)19-38;1-2/h11-12,15-18,20,27H,4,6-10,13-14,19H2,1-3,5H3,(H,34,35,37);1-2H3. The number of imidazole rings is 1. The first-order chi connectivity index (χ1) is 19.9. The van der Waals surface area contributed by atoms with Crippen molar-refractivity contribution < 1.29 is 0 Å². The SMILES string of the molecule is C=C(c1ccc2ncnc(NC(CCC)CCC)c2c1)c1cc(C(=C)N2CCn3cc(C)nc3C2)cnc1C.CC. The topological polar surface area (TPSA) is 71.8 Å². The quantitative estimate of drug-likeness (QED) is 0.217. The Morgan fingerprint density at radius 1 is 0.976 bits per heavy atom. The normalized spacial score (nSPS) is 12.6. The lowest BCUT2D eigenvalue weighted by atomic mass is 9.95. The summed E-state index contributed by atoms with van der Waals surface area (Å²) in [6, 6.07) is 8.87. The molecule has 1 aliphatic heterocycles. The Balaban J connectivity index is 0.00000189. The predicted molar refractivity (Wildman–Crippen MR) is 172 cm³/mol. The average Bonchev–Trinajstić information content (AvgIpc) is 3.37. The molecule has 4 aromatic rings. The molecule has 0 atom stereocenters. The lowest BCUT2D eigenvalue weighted by molar-refractivity contribution is 0.314. The molecular weight excluding hydrogens is 506 g/mol. The number of hydrogen-bond acceptors (Lipinski definition) is 6. The first-order valence-electron chi connectivity index (χ1n) is 15.0. The first kappa shape index (κ1) is 30.0. The highest BCUT2D eigenvalue weighted by molar-refractivity contribution is 5.93. The van der Waals surface area contributed by atoms with E-state index in [1.54, 1.807) is 6.33 Å². The van der Waals surface area contributed by atoms with Crippen molar-refractivity contribution in [3.8, 4) is 0 Å². The van der Waals surface area contributed by atoms with Gasteiger partial charge in [0.2, 0.25) is 0 Å². The second-order valence-corrected chi connectivity index (χ2v) is 10.6. The van der Waals surface area contributed by atoms with Crippen LogP contribution in [-0.4, -0.2) is 42.0 Å². The largest absolute Gasteiger partial charge is 0.367 e. The highest BCUT2D eigenvalue weighted by Crippen LogP contribution is 2.31. The van der Waals surface area contributed by atoms with E-state index in [1.165, 1.54) is 0 Å². The van der Waals surface area contributed by atoms with Gasteiger partial charge in [-0.25, -0.2) is 15.0 Å². The van der Waals surface area contributed by atoms with Crippen molar-refractivity contribution in [2.24, 2.45) is 0 Å². The summed E-state index contributed by atoms with van der Waals surface area (Å²) in [4.78, 5) is 20.9. The zero-order valence-corrected chi connectivity index (χ0v) is 25.7. The van der Waals surface area contributed by atoms with Crippen LogP contribution in [0.5, 0.6) is 0 Å². The highest BCUT2D eigenvalue weighted by Gasteiger charge is 2.21. The van der Waals surface area contributed by atoms with Crippen molar-refractivity contribution in [3.63, 3.8) is 0 Å². The van der Waals surface area contributed by atoms with Gasteiger partial charge in [0, 0.05) is 59.4 Å².